The Bertz CT molecular complexity index is 594. The summed E-state index contributed by atoms with van der Waals surface area (Å²) in [7, 11) is 0. The lowest BCUT2D eigenvalue weighted by Crippen LogP contribution is -2.28. The van der Waals surface area contributed by atoms with Crippen molar-refractivity contribution >= 4 is 0 Å². The molecule has 1 aliphatic rings. The minimum atomic E-state index is 0.312. The second kappa shape index (κ2) is 6.31. The lowest BCUT2D eigenvalue weighted by atomic mass is 10.1. The van der Waals surface area contributed by atoms with Crippen molar-refractivity contribution in [3.63, 3.8) is 0 Å². The van der Waals surface area contributed by atoms with Crippen LogP contribution in [0, 0.1) is 6.92 Å². The molecule has 0 saturated carbocycles. The van der Waals surface area contributed by atoms with Crippen LogP contribution in [0.15, 0.2) is 34.9 Å². The van der Waals surface area contributed by atoms with E-state index < -0.39 is 0 Å². The highest BCUT2D eigenvalue weighted by molar-refractivity contribution is 5.27. The van der Waals surface area contributed by atoms with E-state index in [1.54, 1.807) is 6.07 Å². The van der Waals surface area contributed by atoms with Gasteiger partial charge in [0.05, 0.1) is 6.04 Å². The minimum absolute atomic E-state index is 0.312. The normalized spacial score (nSPS) is 20.3. The van der Waals surface area contributed by atoms with Gasteiger partial charge in [0.2, 0.25) is 0 Å². The van der Waals surface area contributed by atoms with Gasteiger partial charge in [-0.1, -0.05) is 30.1 Å². The Balaban J connectivity index is 1.81. The maximum atomic E-state index is 9.64. The first kappa shape index (κ1) is 14.1. The fourth-order valence-electron chi connectivity index (χ4n) is 3.12. The highest BCUT2D eigenvalue weighted by Gasteiger charge is 2.25. The second-order valence-electron chi connectivity index (χ2n) is 5.87. The quantitative estimate of drug-likeness (QED) is 0.932. The third kappa shape index (κ3) is 3.45. The molecule has 112 valence electrons. The predicted molar refractivity (Wildman–Crippen MR) is 81.0 cm³/mol. The van der Waals surface area contributed by atoms with E-state index in [9.17, 15) is 5.11 Å². The van der Waals surface area contributed by atoms with Crippen LogP contribution in [0.5, 0.6) is 5.75 Å². The van der Waals surface area contributed by atoms with Gasteiger partial charge < -0.3 is 9.63 Å². The number of aromatic hydroxyl groups is 1. The maximum Gasteiger partial charge on any atom is 0.133 e. The van der Waals surface area contributed by atoms with Crippen molar-refractivity contribution in [2.75, 3.05) is 6.54 Å². The zero-order valence-corrected chi connectivity index (χ0v) is 12.5. The zero-order valence-electron chi connectivity index (χ0n) is 12.5. The third-order valence-corrected chi connectivity index (χ3v) is 4.15. The molecule has 0 unspecified atom stereocenters. The first-order valence-electron chi connectivity index (χ1n) is 7.67. The van der Waals surface area contributed by atoms with E-state index in [0.717, 1.165) is 36.5 Å². The van der Waals surface area contributed by atoms with E-state index in [0.29, 0.717) is 11.8 Å². The van der Waals surface area contributed by atoms with Crippen molar-refractivity contribution in [1.82, 2.24) is 10.1 Å². The van der Waals surface area contributed by atoms with Crippen LogP contribution >= 0.6 is 0 Å². The van der Waals surface area contributed by atoms with E-state index in [4.69, 9.17) is 4.52 Å². The number of phenolic OH excluding ortho intramolecular Hbond substituents is 1. The van der Waals surface area contributed by atoms with E-state index >= 15 is 0 Å². The summed E-state index contributed by atoms with van der Waals surface area (Å²) in [5.74, 6) is 1.20. The first-order chi connectivity index (χ1) is 10.2. The molecule has 4 heteroatoms. The molecule has 1 aromatic carbocycles. The van der Waals surface area contributed by atoms with Gasteiger partial charge in [-0.3, -0.25) is 4.90 Å². The Morgan fingerprint density at radius 1 is 1.29 bits per heavy atom. The van der Waals surface area contributed by atoms with E-state index in [1.807, 2.05) is 25.1 Å². The molecule has 0 spiro atoms. The fourth-order valence-corrected chi connectivity index (χ4v) is 3.12. The summed E-state index contributed by atoms with van der Waals surface area (Å²) in [6.45, 7) is 3.84. The number of aromatic nitrogens is 1. The zero-order chi connectivity index (χ0) is 14.7. The topological polar surface area (TPSA) is 49.5 Å². The van der Waals surface area contributed by atoms with Crippen LogP contribution in [0.2, 0.25) is 0 Å². The molecule has 4 nitrogen and oxygen atoms in total. The number of hydrogen-bond donors (Lipinski definition) is 1. The van der Waals surface area contributed by atoms with Crippen LogP contribution in [-0.4, -0.2) is 21.7 Å². The van der Waals surface area contributed by atoms with E-state index in [1.165, 1.54) is 19.3 Å². The molecule has 1 N–H and O–H groups in total. The van der Waals surface area contributed by atoms with Crippen molar-refractivity contribution in [3.8, 4) is 5.75 Å². The van der Waals surface area contributed by atoms with Gasteiger partial charge in [0, 0.05) is 12.6 Å². The Morgan fingerprint density at radius 2 is 2.19 bits per heavy atom. The number of aryl methyl sites for hydroxylation is 1. The molecule has 0 aliphatic carbocycles. The van der Waals surface area contributed by atoms with Crippen LogP contribution in [-0.2, 0) is 6.54 Å². The van der Waals surface area contributed by atoms with Crippen LogP contribution < -0.4 is 0 Å². The average molecular weight is 286 g/mol. The van der Waals surface area contributed by atoms with Gasteiger partial charge in [-0.05, 0) is 44.0 Å². The summed E-state index contributed by atoms with van der Waals surface area (Å²) in [5.41, 5.74) is 2.18. The van der Waals surface area contributed by atoms with Crippen LogP contribution in [0.1, 0.15) is 48.7 Å². The molecule has 1 aliphatic heterocycles. The van der Waals surface area contributed by atoms with Gasteiger partial charge in [-0.2, -0.15) is 0 Å². The third-order valence-electron chi connectivity index (χ3n) is 4.15. The van der Waals surface area contributed by atoms with Crippen LogP contribution in [0.4, 0.5) is 0 Å². The summed E-state index contributed by atoms with van der Waals surface area (Å²) in [6, 6.07) is 9.88. The number of rotatable bonds is 3. The fraction of sp³-hybridized carbons (Fsp3) is 0.471. The number of phenols is 1. The SMILES string of the molecule is Cc1cc([C@@H]2CCCCCN2Cc2cccc(O)c2)no1. The van der Waals surface area contributed by atoms with E-state index in [-0.39, 0.29) is 0 Å². The van der Waals surface area contributed by atoms with Gasteiger partial charge >= 0.3 is 0 Å². The molecule has 2 aromatic rings. The molecule has 1 fully saturated rings. The molecule has 0 radical (unpaired) electrons. The van der Waals surface area contributed by atoms with Gasteiger partial charge in [-0.15, -0.1) is 0 Å². The summed E-state index contributed by atoms with van der Waals surface area (Å²) in [6.07, 6.45) is 4.83. The Hall–Kier alpha value is -1.81. The second-order valence-corrected chi connectivity index (χ2v) is 5.87. The molecule has 0 amide bonds. The van der Waals surface area contributed by atoms with Crippen molar-refractivity contribution in [2.45, 2.75) is 45.2 Å². The number of hydrogen-bond acceptors (Lipinski definition) is 4. The smallest absolute Gasteiger partial charge is 0.133 e. The van der Waals surface area contributed by atoms with Gasteiger partial charge in [-0.25, -0.2) is 0 Å². The molecular formula is C17H22N2O2. The predicted octanol–water partition coefficient (Wildman–Crippen LogP) is 3.81. The first-order valence-corrected chi connectivity index (χ1v) is 7.67. The van der Waals surface area contributed by atoms with Crippen LogP contribution in [0.3, 0.4) is 0 Å². The Kier molecular flexibility index (Phi) is 4.25. The minimum Gasteiger partial charge on any atom is -0.508 e. The summed E-state index contributed by atoms with van der Waals surface area (Å²) < 4.78 is 5.26. The molecule has 2 heterocycles. The molecule has 21 heavy (non-hydrogen) atoms. The van der Waals surface area contributed by atoms with Gasteiger partial charge in [0.1, 0.15) is 17.2 Å². The maximum absolute atomic E-state index is 9.64. The Labute approximate surface area is 125 Å². The lowest BCUT2D eigenvalue weighted by Gasteiger charge is -2.28. The highest BCUT2D eigenvalue weighted by atomic mass is 16.5. The number of nitrogens with zero attached hydrogens (tertiary/aromatic N) is 2. The summed E-state index contributed by atoms with van der Waals surface area (Å²) in [4.78, 5) is 2.46. The number of likely N-dealkylation sites (tertiary alicyclic amines) is 1. The standard InChI is InChI=1S/C17H22N2O2/c1-13-10-16(18-21-13)17-8-3-2-4-9-19(17)12-14-6-5-7-15(20)11-14/h5-7,10-11,17,20H,2-4,8-9,12H2,1H3/t17-/m0/s1. The highest BCUT2D eigenvalue weighted by Crippen LogP contribution is 2.31. The lowest BCUT2D eigenvalue weighted by molar-refractivity contribution is 0.183. The van der Waals surface area contributed by atoms with Crippen molar-refractivity contribution in [3.05, 3.63) is 47.3 Å². The molecular weight excluding hydrogens is 264 g/mol. The average Bonchev–Trinajstić information content (AvgIpc) is 2.75. The molecule has 1 aromatic heterocycles. The summed E-state index contributed by atoms with van der Waals surface area (Å²) in [5, 5.41) is 13.9. The summed E-state index contributed by atoms with van der Waals surface area (Å²) >= 11 is 0. The van der Waals surface area contributed by atoms with Crippen LogP contribution in [0.25, 0.3) is 0 Å². The van der Waals surface area contributed by atoms with Gasteiger partial charge in [0.25, 0.3) is 0 Å². The van der Waals surface area contributed by atoms with Gasteiger partial charge in [0.15, 0.2) is 0 Å². The Morgan fingerprint density at radius 3 is 2.95 bits per heavy atom. The van der Waals surface area contributed by atoms with Crippen molar-refractivity contribution in [1.29, 1.82) is 0 Å². The number of benzene rings is 1. The van der Waals surface area contributed by atoms with Crippen molar-refractivity contribution < 1.29 is 9.63 Å². The monoisotopic (exact) mass is 286 g/mol. The molecule has 0 bridgehead atoms. The van der Waals surface area contributed by atoms with Crippen molar-refractivity contribution in [2.24, 2.45) is 0 Å². The van der Waals surface area contributed by atoms with E-state index in [2.05, 4.69) is 16.1 Å². The largest absolute Gasteiger partial charge is 0.508 e. The molecule has 1 atom stereocenters. The molecule has 1 saturated heterocycles. The molecule has 3 rings (SSSR count).